The smallest absolute Gasteiger partial charge is 0.119 e. The van der Waals surface area contributed by atoms with E-state index in [0.717, 1.165) is 21.2 Å². The number of hydrogen-bond donors (Lipinski definition) is 1. The highest BCUT2D eigenvalue weighted by atomic mass is 35.5. The number of pyridine rings is 1. The van der Waals surface area contributed by atoms with Gasteiger partial charge in [-0.25, -0.2) is 4.98 Å². The summed E-state index contributed by atoms with van der Waals surface area (Å²) >= 11 is 7.58. The van der Waals surface area contributed by atoms with E-state index in [1.807, 2.05) is 37.3 Å². The van der Waals surface area contributed by atoms with Crippen molar-refractivity contribution in [3.63, 3.8) is 0 Å². The van der Waals surface area contributed by atoms with Gasteiger partial charge in [0.05, 0.1) is 5.02 Å². The van der Waals surface area contributed by atoms with Crippen molar-refractivity contribution in [2.75, 3.05) is 5.73 Å². The van der Waals surface area contributed by atoms with Crippen LogP contribution in [0.1, 0.15) is 5.56 Å². The lowest BCUT2D eigenvalue weighted by molar-refractivity contribution is 1.13. The Balaban J connectivity index is 2.35. The van der Waals surface area contributed by atoms with Crippen molar-refractivity contribution in [1.82, 2.24) is 4.98 Å². The molecule has 0 atom stereocenters. The van der Waals surface area contributed by atoms with Crippen molar-refractivity contribution < 1.29 is 0 Å². The molecule has 4 heteroatoms. The van der Waals surface area contributed by atoms with E-state index < -0.39 is 0 Å². The van der Waals surface area contributed by atoms with Crippen LogP contribution in [0.5, 0.6) is 0 Å². The molecule has 2 rings (SSSR count). The zero-order valence-corrected chi connectivity index (χ0v) is 10.3. The van der Waals surface area contributed by atoms with Crippen LogP contribution in [0.15, 0.2) is 46.5 Å². The Labute approximate surface area is 104 Å². The highest BCUT2D eigenvalue weighted by molar-refractivity contribution is 7.99. The first kappa shape index (κ1) is 11.3. The Morgan fingerprint density at radius 2 is 2.06 bits per heavy atom. The molecular weight excluding hydrogens is 240 g/mol. The van der Waals surface area contributed by atoms with Gasteiger partial charge < -0.3 is 5.73 Å². The molecule has 1 heterocycles. The van der Waals surface area contributed by atoms with E-state index >= 15 is 0 Å². The average molecular weight is 251 g/mol. The number of aromatic nitrogens is 1. The lowest BCUT2D eigenvalue weighted by atomic mass is 10.2. The van der Waals surface area contributed by atoms with Crippen molar-refractivity contribution in [3.8, 4) is 0 Å². The van der Waals surface area contributed by atoms with Gasteiger partial charge in [-0.15, -0.1) is 0 Å². The summed E-state index contributed by atoms with van der Waals surface area (Å²) in [6.45, 7) is 1.99. The normalized spacial score (nSPS) is 10.4. The third-order valence-corrected chi connectivity index (χ3v) is 3.86. The zero-order chi connectivity index (χ0) is 11.5. The van der Waals surface area contributed by atoms with Gasteiger partial charge in [0.2, 0.25) is 0 Å². The van der Waals surface area contributed by atoms with Crippen molar-refractivity contribution in [2.24, 2.45) is 0 Å². The fraction of sp³-hybridized carbons (Fsp3) is 0.0833. The second-order valence-electron chi connectivity index (χ2n) is 3.36. The van der Waals surface area contributed by atoms with Crippen LogP contribution < -0.4 is 5.73 Å². The third kappa shape index (κ3) is 2.31. The van der Waals surface area contributed by atoms with Crippen molar-refractivity contribution in [3.05, 3.63) is 47.1 Å². The summed E-state index contributed by atoms with van der Waals surface area (Å²) in [6, 6.07) is 9.49. The molecule has 2 nitrogen and oxygen atoms in total. The fourth-order valence-corrected chi connectivity index (χ4v) is 2.43. The molecular formula is C12H11ClN2S. The minimum absolute atomic E-state index is 0.661. The van der Waals surface area contributed by atoms with Gasteiger partial charge in [0.15, 0.2) is 0 Å². The monoisotopic (exact) mass is 250 g/mol. The number of hydrogen-bond acceptors (Lipinski definition) is 3. The minimum atomic E-state index is 0.661. The highest BCUT2D eigenvalue weighted by Crippen LogP contribution is 2.34. The molecule has 0 spiro atoms. The number of benzene rings is 1. The number of nitrogens with two attached hydrogens (primary N) is 1. The molecule has 0 saturated heterocycles. The van der Waals surface area contributed by atoms with Gasteiger partial charge in [0, 0.05) is 16.8 Å². The highest BCUT2D eigenvalue weighted by Gasteiger charge is 2.07. The Bertz CT molecular complexity index is 514. The van der Waals surface area contributed by atoms with Crippen LogP contribution in [0.3, 0.4) is 0 Å². The van der Waals surface area contributed by atoms with Crippen LogP contribution >= 0.6 is 23.4 Å². The molecule has 0 aliphatic heterocycles. The largest absolute Gasteiger partial charge is 0.398 e. The maximum absolute atomic E-state index is 6.05. The minimum Gasteiger partial charge on any atom is -0.398 e. The number of nitrogens with zero attached hydrogens (tertiary/aromatic N) is 1. The van der Waals surface area contributed by atoms with E-state index in [-0.39, 0.29) is 0 Å². The molecule has 0 unspecified atom stereocenters. The van der Waals surface area contributed by atoms with E-state index in [1.165, 1.54) is 11.8 Å². The standard InChI is InChI=1S/C12H11ClN2S/c1-8-10(14)5-2-6-11(8)16-12-9(13)4-3-7-15-12/h2-7H,14H2,1H3. The first-order chi connectivity index (χ1) is 7.68. The average Bonchev–Trinajstić information content (AvgIpc) is 2.28. The summed E-state index contributed by atoms with van der Waals surface area (Å²) in [4.78, 5) is 5.32. The number of anilines is 1. The summed E-state index contributed by atoms with van der Waals surface area (Å²) in [5.41, 5.74) is 7.70. The van der Waals surface area contributed by atoms with Crippen LogP contribution in [0.2, 0.25) is 5.02 Å². The first-order valence-electron chi connectivity index (χ1n) is 4.82. The van der Waals surface area contributed by atoms with E-state index in [0.29, 0.717) is 5.02 Å². The molecule has 0 aliphatic rings. The number of nitrogen functional groups attached to an aromatic ring is 1. The maximum atomic E-state index is 6.05. The Hall–Kier alpha value is -1.19. The van der Waals surface area contributed by atoms with Crippen molar-refractivity contribution in [2.45, 2.75) is 16.8 Å². The van der Waals surface area contributed by atoms with Gasteiger partial charge >= 0.3 is 0 Å². The summed E-state index contributed by atoms with van der Waals surface area (Å²) < 4.78 is 0. The van der Waals surface area contributed by atoms with Crippen LogP contribution in [-0.4, -0.2) is 4.98 Å². The van der Waals surface area contributed by atoms with Gasteiger partial charge in [-0.2, -0.15) is 0 Å². The van der Waals surface area contributed by atoms with E-state index in [2.05, 4.69) is 4.98 Å². The molecule has 1 aromatic carbocycles. The molecule has 0 fully saturated rings. The van der Waals surface area contributed by atoms with Crippen LogP contribution in [-0.2, 0) is 0 Å². The Kier molecular flexibility index (Phi) is 3.36. The van der Waals surface area contributed by atoms with Crippen LogP contribution in [0.4, 0.5) is 5.69 Å². The SMILES string of the molecule is Cc1c(N)cccc1Sc1ncccc1Cl. The fourth-order valence-electron chi connectivity index (χ4n) is 1.29. The maximum Gasteiger partial charge on any atom is 0.119 e. The van der Waals surface area contributed by atoms with E-state index in [4.69, 9.17) is 17.3 Å². The summed E-state index contributed by atoms with van der Waals surface area (Å²) in [5, 5.41) is 1.46. The quantitative estimate of drug-likeness (QED) is 0.825. The van der Waals surface area contributed by atoms with Crippen molar-refractivity contribution in [1.29, 1.82) is 0 Å². The molecule has 82 valence electrons. The second-order valence-corrected chi connectivity index (χ2v) is 4.80. The van der Waals surface area contributed by atoms with E-state index in [1.54, 1.807) is 6.20 Å². The first-order valence-corrected chi connectivity index (χ1v) is 6.01. The van der Waals surface area contributed by atoms with E-state index in [9.17, 15) is 0 Å². The van der Waals surface area contributed by atoms with Gasteiger partial charge in [-0.1, -0.05) is 29.4 Å². The zero-order valence-electron chi connectivity index (χ0n) is 8.77. The van der Waals surface area contributed by atoms with Gasteiger partial charge in [0.25, 0.3) is 0 Å². The third-order valence-electron chi connectivity index (χ3n) is 2.26. The molecule has 2 aromatic rings. The van der Waals surface area contributed by atoms with Crippen molar-refractivity contribution >= 4 is 29.1 Å². The lowest BCUT2D eigenvalue weighted by Gasteiger charge is -2.07. The molecule has 0 saturated carbocycles. The van der Waals surface area contributed by atoms with Gasteiger partial charge in [-0.05, 0) is 36.8 Å². The predicted molar refractivity (Wildman–Crippen MR) is 69.0 cm³/mol. The molecule has 0 amide bonds. The Morgan fingerprint density at radius 3 is 2.81 bits per heavy atom. The van der Waals surface area contributed by atoms with Crippen LogP contribution in [0, 0.1) is 6.92 Å². The molecule has 1 aromatic heterocycles. The number of halogens is 1. The summed E-state index contributed by atoms with van der Waals surface area (Å²) in [6.07, 6.45) is 1.73. The molecule has 2 N–H and O–H groups in total. The predicted octanol–water partition coefficient (Wildman–Crippen LogP) is 3.78. The summed E-state index contributed by atoms with van der Waals surface area (Å²) in [5.74, 6) is 0. The molecule has 0 radical (unpaired) electrons. The molecule has 0 bridgehead atoms. The topological polar surface area (TPSA) is 38.9 Å². The van der Waals surface area contributed by atoms with Gasteiger partial charge in [0.1, 0.15) is 5.03 Å². The number of rotatable bonds is 2. The summed E-state index contributed by atoms with van der Waals surface area (Å²) in [7, 11) is 0. The molecule has 16 heavy (non-hydrogen) atoms. The van der Waals surface area contributed by atoms with Gasteiger partial charge in [-0.3, -0.25) is 0 Å². The van der Waals surface area contributed by atoms with Crippen LogP contribution in [0.25, 0.3) is 0 Å². The second kappa shape index (κ2) is 4.76. The lowest BCUT2D eigenvalue weighted by Crippen LogP contribution is -1.91. The Morgan fingerprint density at radius 1 is 1.25 bits per heavy atom. The molecule has 0 aliphatic carbocycles.